The number of hydrogen-bond acceptors (Lipinski definition) is 3. The molecule has 0 saturated carbocycles. The van der Waals surface area contributed by atoms with Crippen LogP contribution in [0.1, 0.15) is 39.5 Å². The van der Waals surface area contributed by atoms with Crippen LogP contribution in [0.5, 0.6) is 0 Å². The van der Waals surface area contributed by atoms with Crippen molar-refractivity contribution in [1.82, 2.24) is 15.5 Å². The van der Waals surface area contributed by atoms with Gasteiger partial charge in [-0.1, -0.05) is 20.3 Å². The Bertz CT molecular complexity index is 186. The van der Waals surface area contributed by atoms with Crippen molar-refractivity contribution in [3.63, 3.8) is 0 Å². The Morgan fingerprint density at radius 2 is 1.82 bits per heavy atom. The monoisotopic (exact) mass is 243 g/mol. The predicted octanol–water partition coefficient (Wildman–Crippen LogP) is 1.22. The number of rotatable bonds is 11. The van der Waals surface area contributed by atoms with Crippen LogP contribution in [0.2, 0.25) is 0 Å². The van der Waals surface area contributed by atoms with Crippen LogP contribution < -0.4 is 10.6 Å². The highest BCUT2D eigenvalue weighted by Gasteiger charge is 2.04. The van der Waals surface area contributed by atoms with E-state index >= 15 is 0 Å². The van der Waals surface area contributed by atoms with E-state index in [4.69, 9.17) is 0 Å². The van der Waals surface area contributed by atoms with Gasteiger partial charge in [-0.05, 0) is 45.9 Å². The average Bonchev–Trinajstić information content (AvgIpc) is 2.28. The van der Waals surface area contributed by atoms with Crippen molar-refractivity contribution in [3.8, 4) is 0 Å². The Hall–Kier alpha value is -0.610. The maximum absolute atomic E-state index is 11.5. The molecule has 0 aliphatic heterocycles. The summed E-state index contributed by atoms with van der Waals surface area (Å²) in [5.41, 5.74) is 0. The van der Waals surface area contributed by atoms with E-state index in [9.17, 15) is 4.79 Å². The van der Waals surface area contributed by atoms with Crippen molar-refractivity contribution in [3.05, 3.63) is 0 Å². The molecule has 0 aromatic heterocycles. The summed E-state index contributed by atoms with van der Waals surface area (Å²) in [4.78, 5) is 13.6. The van der Waals surface area contributed by atoms with Gasteiger partial charge in [0.1, 0.15) is 0 Å². The summed E-state index contributed by atoms with van der Waals surface area (Å²) in [6.45, 7) is 8.68. The summed E-state index contributed by atoms with van der Waals surface area (Å²) in [5, 5.41) is 6.26. The van der Waals surface area contributed by atoms with Crippen LogP contribution in [0, 0.1) is 0 Å². The van der Waals surface area contributed by atoms with E-state index in [2.05, 4.69) is 29.4 Å². The van der Waals surface area contributed by atoms with E-state index in [1.807, 2.05) is 7.05 Å². The molecule has 0 spiro atoms. The molecule has 0 aromatic rings. The van der Waals surface area contributed by atoms with E-state index < -0.39 is 0 Å². The number of carbonyl (C=O) groups is 1. The van der Waals surface area contributed by atoms with E-state index in [0.29, 0.717) is 6.54 Å². The first-order valence-corrected chi connectivity index (χ1v) is 6.86. The van der Waals surface area contributed by atoms with Gasteiger partial charge in [-0.15, -0.1) is 0 Å². The lowest BCUT2D eigenvalue weighted by molar-refractivity contribution is -0.121. The van der Waals surface area contributed by atoms with Gasteiger partial charge in [0.25, 0.3) is 0 Å². The predicted molar refractivity (Wildman–Crippen MR) is 73.2 cm³/mol. The third-order valence-corrected chi connectivity index (χ3v) is 2.62. The average molecular weight is 243 g/mol. The highest BCUT2D eigenvalue weighted by molar-refractivity contribution is 5.77. The van der Waals surface area contributed by atoms with Gasteiger partial charge >= 0.3 is 0 Å². The molecular weight excluding hydrogens is 214 g/mol. The van der Waals surface area contributed by atoms with Gasteiger partial charge in [-0.25, -0.2) is 0 Å². The zero-order chi connectivity index (χ0) is 12.9. The molecule has 0 bridgehead atoms. The van der Waals surface area contributed by atoms with E-state index in [1.54, 1.807) is 0 Å². The molecule has 2 N–H and O–H groups in total. The largest absolute Gasteiger partial charge is 0.355 e. The third-order valence-electron chi connectivity index (χ3n) is 2.62. The van der Waals surface area contributed by atoms with Gasteiger partial charge in [0, 0.05) is 6.54 Å². The SMILES string of the molecule is CCCN(C)CC(=O)NCCCCCNCC. The minimum Gasteiger partial charge on any atom is -0.355 e. The fourth-order valence-corrected chi connectivity index (χ4v) is 1.72. The van der Waals surface area contributed by atoms with Gasteiger partial charge in [0.05, 0.1) is 6.54 Å². The first-order valence-electron chi connectivity index (χ1n) is 6.86. The van der Waals surface area contributed by atoms with Crippen molar-refractivity contribution in [2.75, 3.05) is 39.8 Å². The summed E-state index contributed by atoms with van der Waals surface area (Å²) >= 11 is 0. The van der Waals surface area contributed by atoms with E-state index in [0.717, 1.165) is 39.0 Å². The van der Waals surface area contributed by atoms with Crippen molar-refractivity contribution >= 4 is 5.91 Å². The number of amides is 1. The molecule has 4 heteroatoms. The molecule has 0 heterocycles. The molecule has 102 valence electrons. The Balaban J connectivity index is 3.27. The summed E-state index contributed by atoms with van der Waals surface area (Å²) in [6.07, 6.45) is 4.54. The fraction of sp³-hybridized carbons (Fsp3) is 0.923. The smallest absolute Gasteiger partial charge is 0.234 e. The topological polar surface area (TPSA) is 44.4 Å². The maximum atomic E-state index is 11.5. The summed E-state index contributed by atoms with van der Waals surface area (Å²) in [6, 6.07) is 0. The second kappa shape index (κ2) is 11.9. The van der Waals surface area contributed by atoms with Crippen LogP contribution in [0.3, 0.4) is 0 Å². The molecule has 0 aliphatic rings. The van der Waals surface area contributed by atoms with Crippen LogP contribution in [-0.2, 0) is 4.79 Å². The minimum atomic E-state index is 0.146. The quantitative estimate of drug-likeness (QED) is 0.536. The lowest BCUT2D eigenvalue weighted by atomic mass is 10.2. The molecule has 1 amide bonds. The highest BCUT2D eigenvalue weighted by Crippen LogP contribution is 1.92. The molecule has 17 heavy (non-hydrogen) atoms. The lowest BCUT2D eigenvalue weighted by Crippen LogP contribution is -2.35. The zero-order valence-corrected chi connectivity index (χ0v) is 11.7. The van der Waals surface area contributed by atoms with Crippen LogP contribution in [-0.4, -0.2) is 50.6 Å². The Morgan fingerprint density at radius 3 is 2.47 bits per heavy atom. The molecular formula is C13H29N3O. The van der Waals surface area contributed by atoms with Gasteiger partial charge < -0.3 is 10.6 Å². The fourth-order valence-electron chi connectivity index (χ4n) is 1.72. The second-order valence-electron chi connectivity index (χ2n) is 4.50. The molecule has 0 aromatic carbocycles. The molecule has 0 saturated heterocycles. The number of nitrogens with one attached hydrogen (secondary N) is 2. The Morgan fingerprint density at radius 1 is 1.12 bits per heavy atom. The number of carbonyl (C=O) groups excluding carboxylic acids is 1. The van der Waals surface area contributed by atoms with Crippen LogP contribution in [0.4, 0.5) is 0 Å². The molecule has 0 aliphatic carbocycles. The molecule has 0 unspecified atom stereocenters. The summed E-state index contributed by atoms with van der Waals surface area (Å²) in [5.74, 6) is 0.146. The second-order valence-corrected chi connectivity index (χ2v) is 4.50. The third kappa shape index (κ3) is 11.6. The van der Waals surface area contributed by atoms with Gasteiger partial charge in [-0.3, -0.25) is 9.69 Å². The number of unbranched alkanes of at least 4 members (excludes halogenated alkanes) is 2. The highest BCUT2D eigenvalue weighted by atomic mass is 16.2. The minimum absolute atomic E-state index is 0.146. The van der Waals surface area contributed by atoms with Crippen molar-refractivity contribution in [2.24, 2.45) is 0 Å². The molecule has 0 atom stereocenters. The van der Waals surface area contributed by atoms with Gasteiger partial charge in [0.2, 0.25) is 5.91 Å². The number of likely N-dealkylation sites (N-methyl/N-ethyl adjacent to an activating group) is 1. The molecule has 0 rings (SSSR count). The van der Waals surface area contributed by atoms with Crippen LogP contribution >= 0.6 is 0 Å². The van der Waals surface area contributed by atoms with E-state index in [-0.39, 0.29) is 5.91 Å². The number of nitrogens with zero attached hydrogens (tertiary/aromatic N) is 1. The normalized spacial score (nSPS) is 10.8. The molecule has 0 fully saturated rings. The van der Waals surface area contributed by atoms with E-state index in [1.165, 1.54) is 12.8 Å². The number of hydrogen-bond donors (Lipinski definition) is 2. The maximum Gasteiger partial charge on any atom is 0.234 e. The van der Waals surface area contributed by atoms with Crippen molar-refractivity contribution < 1.29 is 4.79 Å². The Kier molecular flexibility index (Phi) is 11.4. The van der Waals surface area contributed by atoms with Gasteiger partial charge in [0.15, 0.2) is 0 Å². The summed E-state index contributed by atoms with van der Waals surface area (Å²) < 4.78 is 0. The Labute approximate surface area is 106 Å². The van der Waals surface area contributed by atoms with Gasteiger partial charge in [-0.2, -0.15) is 0 Å². The standard InChI is InChI=1S/C13H29N3O/c1-4-11-16(3)12-13(17)15-10-8-6-7-9-14-5-2/h14H,4-12H2,1-3H3,(H,15,17). The molecule has 0 radical (unpaired) electrons. The molecule has 4 nitrogen and oxygen atoms in total. The van der Waals surface area contributed by atoms with Crippen LogP contribution in [0.25, 0.3) is 0 Å². The first kappa shape index (κ1) is 16.4. The van der Waals surface area contributed by atoms with Crippen molar-refractivity contribution in [1.29, 1.82) is 0 Å². The zero-order valence-electron chi connectivity index (χ0n) is 11.7. The first-order chi connectivity index (χ1) is 8.20. The summed E-state index contributed by atoms with van der Waals surface area (Å²) in [7, 11) is 1.99. The van der Waals surface area contributed by atoms with Crippen molar-refractivity contribution in [2.45, 2.75) is 39.5 Å². The lowest BCUT2D eigenvalue weighted by Gasteiger charge is -2.14. The van der Waals surface area contributed by atoms with Crippen LogP contribution in [0.15, 0.2) is 0 Å².